The van der Waals surface area contributed by atoms with Crippen molar-refractivity contribution in [2.45, 2.75) is 20.8 Å². The van der Waals surface area contributed by atoms with Crippen molar-refractivity contribution in [3.8, 4) is 6.07 Å². The maximum atomic E-state index is 3.85. The zero-order valence-electron chi connectivity index (χ0n) is 7.31. The van der Waals surface area contributed by atoms with Gasteiger partial charge in [-0.1, -0.05) is 24.8 Å². The van der Waals surface area contributed by atoms with Gasteiger partial charge in [0.25, 0.3) is 13.1 Å². The fourth-order valence-corrected chi connectivity index (χ4v) is 0.537. The molecule has 0 aliphatic rings. The van der Waals surface area contributed by atoms with E-state index in [0.717, 1.165) is 0 Å². The van der Waals surface area contributed by atoms with E-state index in [1.165, 1.54) is 0 Å². The Bertz CT molecular complexity index is 169. The summed E-state index contributed by atoms with van der Waals surface area (Å²) in [5.41, 5.74) is 0.111. The quantitative estimate of drug-likeness (QED) is 0.517. The molecule has 0 heterocycles. The highest BCUT2D eigenvalue weighted by molar-refractivity contribution is 5.03. The molecule has 56 valence electrons. The van der Waals surface area contributed by atoms with Gasteiger partial charge in [-0.2, -0.15) is 0 Å². The second-order valence-electron chi connectivity index (χ2n) is 3.10. The highest BCUT2D eigenvalue weighted by Crippen LogP contribution is 2.26. The summed E-state index contributed by atoms with van der Waals surface area (Å²) in [6.07, 6.45) is 1.94. The van der Waals surface area contributed by atoms with Crippen LogP contribution in [0.2, 0.25) is 0 Å². The van der Waals surface area contributed by atoms with Crippen molar-refractivity contribution in [1.29, 1.82) is 0 Å². The Morgan fingerprint density at radius 1 is 1.60 bits per heavy atom. The minimum atomic E-state index is 0.111. The summed E-state index contributed by atoms with van der Waals surface area (Å²) in [6.45, 7) is 10.1. The summed E-state index contributed by atoms with van der Waals surface area (Å²) in [5.74, 6) is 0.343. The Kier molecular flexibility index (Phi) is 3.15. The standard InChI is InChI=1S/C9H16N/c1-6-9(3,4)8(2)7-10-5/h6,8H,1H2,2-5H3/q+1. The fraction of sp³-hybridized carbons (Fsp3) is 0.667. The minimum Gasteiger partial charge on any atom is -0.102 e. The van der Waals surface area contributed by atoms with Gasteiger partial charge in [-0.25, -0.2) is 0 Å². The van der Waals surface area contributed by atoms with Crippen molar-refractivity contribution in [1.82, 2.24) is 0 Å². The monoisotopic (exact) mass is 138 g/mol. The van der Waals surface area contributed by atoms with E-state index >= 15 is 0 Å². The molecular formula is C9H16N+. The van der Waals surface area contributed by atoms with Crippen molar-refractivity contribution >= 4 is 0 Å². The first-order valence-corrected chi connectivity index (χ1v) is 3.52. The van der Waals surface area contributed by atoms with Crippen LogP contribution >= 0.6 is 0 Å². The molecule has 0 aromatic heterocycles. The molecule has 0 bridgehead atoms. The second-order valence-corrected chi connectivity index (χ2v) is 3.10. The number of nitrogens with zero attached hydrogens (tertiary/aromatic N) is 1. The Hall–Kier alpha value is -0.770. The molecule has 0 saturated carbocycles. The van der Waals surface area contributed by atoms with E-state index in [1.807, 2.05) is 6.08 Å². The van der Waals surface area contributed by atoms with Gasteiger partial charge in [0.15, 0.2) is 0 Å². The molecule has 1 unspecified atom stereocenters. The van der Waals surface area contributed by atoms with Gasteiger partial charge in [0.2, 0.25) is 0 Å². The van der Waals surface area contributed by atoms with E-state index in [2.05, 4.69) is 38.3 Å². The van der Waals surface area contributed by atoms with Crippen molar-refractivity contribution in [2.24, 2.45) is 11.3 Å². The van der Waals surface area contributed by atoms with Gasteiger partial charge in [-0.3, -0.25) is 0 Å². The summed E-state index contributed by atoms with van der Waals surface area (Å²) in [7, 11) is 1.75. The Labute approximate surface area is 63.6 Å². The van der Waals surface area contributed by atoms with Crippen molar-refractivity contribution < 1.29 is 0 Å². The zero-order valence-corrected chi connectivity index (χ0v) is 7.31. The molecule has 0 radical (unpaired) electrons. The average molecular weight is 138 g/mol. The lowest BCUT2D eigenvalue weighted by molar-refractivity contribution is 0.380. The summed E-state index contributed by atoms with van der Waals surface area (Å²) in [4.78, 5) is 3.85. The van der Waals surface area contributed by atoms with Gasteiger partial charge in [-0.15, -0.1) is 6.58 Å². The van der Waals surface area contributed by atoms with Crippen molar-refractivity contribution in [3.05, 3.63) is 17.5 Å². The zero-order chi connectivity index (χ0) is 8.20. The predicted molar refractivity (Wildman–Crippen MR) is 46.3 cm³/mol. The molecule has 0 rings (SSSR count). The van der Waals surface area contributed by atoms with E-state index in [0.29, 0.717) is 5.92 Å². The molecule has 0 aromatic carbocycles. The maximum Gasteiger partial charge on any atom is 0.276 e. The second kappa shape index (κ2) is 3.41. The number of hydrogen-bond donors (Lipinski definition) is 0. The topological polar surface area (TPSA) is 4.36 Å². The molecule has 0 saturated heterocycles. The minimum absolute atomic E-state index is 0.111. The van der Waals surface area contributed by atoms with Crippen molar-refractivity contribution in [3.63, 3.8) is 0 Å². The SMILES string of the molecule is C=CC(C)(C)C(C)C#[N+]C. The molecule has 1 nitrogen and oxygen atoms in total. The van der Waals surface area contributed by atoms with Crippen LogP contribution in [0.1, 0.15) is 20.8 Å². The lowest BCUT2D eigenvalue weighted by atomic mass is 9.81. The van der Waals surface area contributed by atoms with E-state index in [4.69, 9.17) is 0 Å². The third-order valence-corrected chi connectivity index (χ3v) is 1.96. The molecule has 10 heavy (non-hydrogen) atoms. The normalized spacial score (nSPS) is 13.2. The van der Waals surface area contributed by atoms with E-state index in [1.54, 1.807) is 7.05 Å². The van der Waals surface area contributed by atoms with Crippen LogP contribution in [0.3, 0.4) is 0 Å². The van der Waals surface area contributed by atoms with Crippen LogP contribution < -0.4 is 0 Å². The van der Waals surface area contributed by atoms with Crippen LogP contribution in [-0.2, 0) is 0 Å². The molecule has 0 fully saturated rings. The van der Waals surface area contributed by atoms with Crippen molar-refractivity contribution in [2.75, 3.05) is 7.05 Å². The molecule has 1 heteroatoms. The summed E-state index contributed by atoms with van der Waals surface area (Å²) < 4.78 is 0. The van der Waals surface area contributed by atoms with Crippen LogP contribution in [-0.4, -0.2) is 7.05 Å². The van der Waals surface area contributed by atoms with Crippen LogP contribution in [0.25, 0.3) is 4.85 Å². The molecule has 1 atom stereocenters. The smallest absolute Gasteiger partial charge is 0.102 e. The highest BCUT2D eigenvalue weighted by atomic mass is 14.6. The highest BCUT2D eigenvalue weighted by Gasteiger charge is 2.24. The van der Waals surface area contributed by atoms with E-state index in [9.17, 15) is 0 Å². The lowest BCUT2D eigenvalue weighted by Crippen LogP contribution is -2.16. The van der Waals surface area contributed by atoms with Crippen LogP contribution in [0.5, 0.6) is 0 Å². The van der Waals surface area contributed by atoms with Crippen LogP contribution in [0.15, 0.2) is 12.7 Å². The predicted octanol–water partition coefficient (Wildman–Crippen LogP) is 2.80. The number of allylic oxidation sites excluding steroid dienone is 1. The molecule has 0 aliphatic carbocycles. The first-order valence-electron chi connectivity index (χ1n) is 3.52. The van der Waals surface area contributed by atoms with Gasteiger partial charge in [0, 0.05) is 5.41 Å². The van der Waals surface area contributed by atoms with Crippen LogP contribution in [0.4, 0.5) is 0 Å². The maximum absolute atomic E-state index is 3.85. The molecule has 0 aliphatic heterocycles. The van der Waals surface area contributed by atoms with E-state index in [-0.39, 0.29) is 5.41 Å². The van der Waals surface area contributed by atoms with Gasteiger partial charge in [0.05, 0.1) is 5.92 Å². The number of rotatable bonds is 2. The molecule has 0 spiro atoms. The Balaban J connectivity index is 4.26. The largest absolute Gasteiger partial charge is 0.276 e. The van der Waals surface area contributed by atoms with Gasteiger partial charge in [-0.05, 0) is 6.92 Å². The summed E-state index contributed by atoms with van der Waals surface area (Å²) >= 11 is 0. The first-order chi connectivity index (χ1) is 4.54. The molecule has 0 aromatic rings. The summed E-state index contributed by atoms with van der Waals surface area (Å²) in [5, 5.41) is 0. The summed E-state index contributed by atoms with van der Waals surface area (Å²) in [6, 6.07) is 2.99. The van der Waals surface area contributed by atoms with Gasteiger partial charge in [0.1, 0.15) is 0 Å². The lowest BCUT2D eigenvalue weighted by Gasteiger charge is -2.19. The first kappa shape index (κ1) is 9.23. The fourth-order valence-electron chi connectivity index (χ4n) is 0.537. The molecule has 0 N–H and O–H groups in total. The Morgan fingerprint density at radius 3 is 2.40 bits per heavy atom. The third-order valence-electron chi connectivity index (χ3n) is 1.96. The Morgan fingerprint density at radius 2 is 2.10 bits per heavy atom. The van der Waals surface area contributed by atoms with E-state index < -0.39 is 0 Å². The third kappa shape index (κ3) is 2.23. The molecule has 0 amide bonds. The molecular weight excluding hydrogens is 122 g/mol. The van der Waals surface area contributed by atoms with Crippen LogP contribution in [0, 0.1) is 17.4 Å². The number of hydrogen-bond acceptors (Lipinski definition) is 0. The average Bonchev–Trinajstić information content (AvgIpc) is 1.89. The van der Waals surface area contributed by atoms with Gasteiger partial charge >= 0.3 is 0 Å². The van der Waals surface area contributed by atoms with Gasteiger partial charge < -0.3 is 0 Å².